The van der Waals surface area contributed by atoms with Crippen LogP contribution in [0, 0.1) is 11.8 Å². The lowest BCUT2D eigenvalue weighted by Gasteiger charge is -2.15. The summed E-state index contributed by atoms with van der Waals surface area (Å²) in [4.78, 5) is 12.0. The Morgan fingerprint density at radius 2 is 1.67 bits per heavy atom. The maximum Gasteiger partial charge on any atom is 0.227 e. The molecule has 2 nitrogen and oxygen atoms in total. The van der Waals surface area contributed by atoms with Crippen molar-refractivity contribution in [3.05, 3.63) is 42.5 Å². The van der Waals surface area contributed by atoms with Crippen LogP contribution >= 0.6 is 0 Å². The van der Waals surface area contributed by atoms with Gasteiger partial charge in [0, 0.05) is 11.6 Å². The van der Waals surface area contributed by atoms with Crippen LogP contribution in [-0.4, -0.2) is 5.91 Å². The summed E-state index contributed by atoms with van der Waals surface area (Å²) in [6.45, 7) is 6.08. The van der Waals surface area contributed by atoms with E-state index in [1.165, 1.54) is 5.39 Å². The van der Waals surface area contributed by atoms with Crippen molar-refractivity contribution in [1.29, 1.82) is 0 Å². The average molecular weight is 241 g/mol. The Kier molecular flexibility index (Phi) is 3.66. The van der Waals surface area contributed by atoms with Crippen molar-refractivity contribution in [3.63, 3.8) is 0 Å². The van der Waals surface area contributed by atoms with Crippen LogP contribution in [0.5, 0.6) is 0 Å². The maximum atomic E-state index is 12.0. The minimum absolute atomic E-state index is 0.0245. The molecule has 0 saturated carbocycles. The number of benzene rings is 2. The Morgan fingerprint density at radius 3 is 2.33 bits per heavy atom. The molecule has 1 atom stereocenters. The minimum Gasteiger partial charge on any atom is -0.326 e. The first kappa shape index (κ1) is 12.6. The highest BCUT2D eigenvalue weighted by Crippen LogP contribution is 2.20. The van der Waals surface area contributed by atoms with E-state index in [2.05, 4.69) is 31.3 Å². The summed E-state index contributed by atoms with van der Waals surface area (Å²) in [7, 11) is 0. The van der Waals surface area contributed by atoms with Crippen LogP contribution in [0.2, 0.25) is 0 Å². The number of carbonyl (C=O) groups excluding carboxylic acids is 1. The van der Waals surface area contributed by atoms with Gasteiger partial charge in [0.15, 0.2) is 0 Å². The Bertz CT molecular complexity index is 560. The molecule has 0 aliphatic heterocycles. The van der Waals surface area contributed by atoms with Gasteiger partial charge in [-0.3, -0.25) is 4.79 Å². The molecule has 2 heteroatoms. The second-order valence-corrected chi connectivity index (χ2v) is 5.08. The molecule has 0 radical (unpaired) electrons. The van der Waals surface area contributed by atoms with Crippen molar-refractivity contribution >= 4 is 22.4 Å². The van der Waals surface area contributed by atoms with E-state index in [1.807, 2.05) is 37.3 Å². The van der Waals surface area contributed by atoms with Crippen LogP contribution in [0.1, 0.15) is 20.8 Å². The van der Waals surface area contributed by atoms with E-state index in [0.29, 0.717) is 5.92 Å². The molecule has 2 rings (SSSR count). The first-order chi connectivity index (χ1) is 8.58. The summed E-state index contributed by atoms with van der Waals surface area (Å²) in [5.74, 6) is 0.460. The molecule has 0 heterocycles. The highest BCUT2D eigenvalue weighted by Gasteiger charge is 2.16. The number of carbonyl (C=O) groups is 1. The summed E-state index contributed by atoms with van der Waals surface area (Å²) in [6, 6.07) is 14.1. The van der Waals surface area contributed by atoms with E-state index in [1.54, 1.807) is 0 Å². The Balaban J connectivity index is 2.19. The van der Waals surface area contributed by atoms with Crippen molar-refractivity contribution in [1.82, 2.24) is 0 Å². The quantitative estimate of drug-likeness (QED) is 0.862. The molecule has 2 aromatic carbocycles. The topological polar surface area (TPSA) is 29.1 Å². The molecule has 1 N–H and O–H groups in total. The smallest absolute Gasteiger partial charge is 0.227 e. The van der Waals surface area contributed by atoms with E-state index in [-0.39, 0.29) is 11.8 Å². The van der Waals surface area contributed by atoms with Gasteiger partial charge in [0.25, 0.3) is 0 Å². The molecule has 2 aromatic rings. The summed E-state index contributed by atoms with van der Waals surface area (Å²) >= 11 is 0. The molecule has 0 bridgehead atoms. The van der Waals surface area contributed by atoms with Gasteiger partial charge < -0.3 is 5.32 Å². The number of rotatable bonds is 3. The third-order valence-electron chi connectivity index (χ3n) is 3.43. The lowest BCUT2D eigenvalue weighted by Crippen LogP contribution is -2.24. The number of hydrogen-bond acceptors (Lipinski definition) is 1. The number of fused-ring (bicyclic) bond motifs is 1. The summed E-state index contributed by atoms with van der Waals surface area (Å²) in [5, 5.41) is 5.31. The first-order valence-electron chi connectivity index (χ1n) is 6.37. The molecule has 0 spiro atoms. The van der Waals surface area contributed by atoms with E-state index >= 15 is 0 Å². The fourth-order valence-corrected chi connectivity index (χ4v) is 1.83. The van der Waals surface area contributed by atoms with Crippen LogP contribution in [0.25, 0.3) is 10.8 Å². The fourth-order valence-electron chi connectivity index (χ4n) is 1.83. The van der Waals surface area contributed by atoms with Crippen LogP contribution in [0.15, 0.2) is 42.5 Å². The summed E-state index contributed by atoms with van der Waals surface area (Å²) in [5.41, 5.74) is 0.867. The van der Waals surface area contributed by atoms with Gasteiger partial charge in [0.05, 0.1) is 0 Å². The van der Waals surface area contributed by atoms with Gasteiger partial charge in [-0.15, -0.1) is 0 Å². The van der Waals surface area contributed by atoms with Gasteiger partial charge in [0.1, 0.15) is 0 Å². The van der Waals surface area contributed by atoms with Gasteiger partial charge in [0.2, 0.25) is 5.91 Å². The molecule has 0 aromatic heterocycles. The van der Waals surface area contributed by atoms with E-state index < -0.39 is 0 Å². The zero-order valence-electron chi connectivity index (χ0n) is 11.1. The predicted octanol–water partition coefficient (Wildman–Crippen LogP) is 4.07. The summed E-state index contributed by atoms with van der Waals surface area (Å²) < 4.78 is 0. The summed E-state index contributed by atoms with van der Waals surface area (Å²) in [6.07, 6.45) is 0. The number of amides is 1. The molecular weight excluding hydrogens is 222 g/mol. The number of nitrogens with one attached hydrogen (secondary N) is 1. The van der Waals surface area contributed by atoms with Gasteiger partial charge in [-0.25, -0.2) is 0 Å². The SMILES string of the molecule is CC(C)C(C)C(=O)Nc1ccc2ccccc2c1. The molecule has 0 aliphatic carbocycles. The Labute approximate surface area is 108 Å². The predicted molar refractivity (Wildman–Crippen MR) is 76.6 cm³/mol. The van der Waals surface area contributed by atoms with Crippen molar-refractivity contribution in [2.24, 2.45) is 11.8 Å². The van der Waals surface area contributed by atoms with Gasteiger partial charge in [-0.1, -0.05) is 51.1 Å². The second kappa shape index (κ2) is 5.21. The lowest BCUT2D eigenvalue weighted by molar-refractivity contribution is -0.120. The van der Waals surface area contributed by atoms with Gasteiger partial charge in [-0.05, 0) is 28.8 Å². The molecular formula is C16H19NO. The zero-order chi connectivity index (χ0) is 13.1. The molecule has 1 amide bonds. The van der Waals surface area contributed by atoms with Crippen molar-refractivity contribution < 1.29 is 4.79 Å². The van der Waals surface area contributed by atoms with Gasteiger partial charge >= 0.3 is 0 Å². The largest absolute Gasteiger partial charge is 0.326 e. The Hall–Kier alpha value is -1.83. The standard InChI is InChI=1S/C16H19NO/c1-11(2)12(3)16(18)17-15-9-8-13-6-4-5-7-14(13)10-15/h4-12H,1-3H3,(H,17,18). The lowest BCUT2D eigenvalue weighted by atomic mass is 9.97. The van der Waals surface area contributed by atoms with Crippen LogP contribution in [-0.2, 0) is 4.79 Å². The van der Waals surface area contributed by atoms with Crippen molar-refractivity contribution in [3.8, 4) is 0 Å². The van der Waals surface area contributed by atoms with Crippen molar-refractivity contribution in [2.45, 2.75) is 20.8 Å². The minimum atomic E-state index is 0.0245. The number of hydrogen-bond donors (Lipinski definition) is 1. The van der Waals surface area contributed by atoms with E-state index in [9.17, 15) is 4.79 Å². The average Bonchev–Trinajstić information content (AvgIpc) is 2.37. The molecule has 0 fully saturated rings. The van der Waals surface area contributed by atoms with Crippen LogP contribution in [0.4, 0.5) is 5.69 Å². The van der Waals surface area contributed by atoms with E-state index in [4.69, 9.17) is 0 Å². The zero-order valence-corrected chi connectivity index (χ0v) is 11.1. The molecule has 18 heavy (non-hydrogen) atoms. The molecule has 94 valence electrons. The first-order valence-corrected chi connectivity index (χ1v) is 6.37. The fraction of sp³-hybridized carbons (Fsp3) is 0.312. The highest BCUT2D eigenvalue weighted by atomic mass is 16.1. The Morgan fingerprint density at radius 1 is 1.00 bits per heavy atom. The third-order valence-corrected chi connectivity index (χ3v) is 3.43. The van der Waals surface area contributed by atoms with Crippen LogP contribution < -0.4 is 5.32 Å². The third kappa shape index (κ3) is 2.70. The molecule has 0 saturated heterocycles. The normalized spacial score (nSPS) is 12.7. The van der Waals surface area contributed by atoms with E-state index in [0.717, 1.165) is 11.1 Å². The monoisotopic (exact) mass is 241 g/mol. The molecule has 0 aliphatic rings. The highest BCUT2D eigenvalue weighted by molar-refractivity contribution is 5.95. The maximum absolute atomic E-state index is 12.0. The molecule has 1 unspecified atom stereocenters. The van der Waals surface area contributed by atoms with Gasteiger partial charge in [-0.2, -0.15) is 0 Å². The van der Waals surface area contributed by atoms with Crippen LogP contribution in [0.3, 0.4) is 0 Å². The second-order valence-electron chi connectivity index (χ2n) is 5.08. The number of anilines is 1. The van der Waals surface area contributed by atoms with Crippen molar-refractivity contribution in [2.75, 3.05) is 5.32 Å².